The third-order valence-electron chi connectivity index (χ3n) is 3.26. The Bertz CT molecular complexity index is 506. The maximum Gasteiger partial charge on any atom is 0.251 e. The molecule has 1 rings (SSSR count). The van der Waals surface area contributed by atoms with Crippen LogP contribution in [0.3, 0.4) is 0 Å². The van der Waals surface area contributed by atoms with Crippen molar-refractivity contribution in [3.05, 3.63) is 35.9 Å². The maximum absolute atomic E-state index is 12.5. The van der Waals surface area contributed by atoms with E-state index in [4.69, 9.17) is 0 Å². The van der Waals surface area contributed by atoms with Gasteiger partial charge in [-0.25, -0.2) is 0 Å². The molecule has 0 fully saturated rings. The zero-order valence-corrected chi connectivity index (χ0v) is 14.0. The first kappa shape index (κ1) is 18.2. The van der Waals surface area contributed by atoms with E-state index in [0.29, 0.717) is 5.56 Å². The summed E-state index contributed by atoms with van der Waals surface area (Å²) in [6.07, 6.45) is 0. The Balaban J connectivity index is 2.81. The summed E-state index contributed by atoms with van der Waals surface area (Å²) in [5, 5.41) is 12.6. The SMILES string of the molecule is CC(C)C(NC(=O)c1ccccc1)C(=O)N(C)CC(C)(C)O. The van der Waals surface area contributed by atoms with Crippen LogP contribution in [0.2, 0.25) is 0 Å². The molecule has 0 saturated heterocycles. The van der Waals surface area contributed by atoms with Crippen LogP contribution in [-0.2, 0) is 4.79 Å². The van der Waals surface area contributed by atoms with E-state index in [-0.39, 0.29) is 24.3 Å². The summed E-state index contributed by atoms with van der Waals surface area (Å²) in [6, 6.07) is 8.18. The van der Waals surface area contributed by atoms with Gasteiger partial charge in [-0.3, -0.25) is 9.59 Å². The zero-order chi connectivity index (χ0) is 16.9. The number of nitrogens with zero attached hydrogens (tertiary/aromatic N) is 1. The van der Waals surface area contributed by atoms with Crippen LogP contribution in [0.15, 0.2) is 30.3 Å². The lowest BCUT2D eigenvalue weighted by Crippen LogP contribution is -2.52. The lowest BCUT2D eigenvalue weighted by molar-refractivity contribution is -0.135. The highest BCUT2D eigenvalue weighted by Gasteiger charge is 2.29. The molecule has 1 aromatic carbocycles. The molecule has 1 aromatic rings. The molecule has 1 unspecified atom stereocenters. The average molecular weight is 306 g/mol. The first-order chi connectivity index (χ1) is 10.1. The molecule has 1 atom stereocenters. The number of likely N-dealkylation sites (N-methyl/N-ethyl adjacent to an activating group) is 1. The van der Waals surface area contributed by atoms with Crippen LogP contribution in [-0.4, -0.2) is 47.1 Å². The number of rotatable bonds is 6. The van der Waals surface area contributed by atoms with Crippen molar-refractivity contribution in [1.82, 2.24) is 10.2 Å². The molecular formula is C17H26N2O3. The van der Waals surface area contributed by atoms with Crippen molar-refractivity contribution in [3.8, 4) is 0 Å². The van der Waals surface area contributed by atoms with E-state index in [1.165, 1.54) is 4.90 Å². The fourth-order valence-corrected chi connectivity index (χ4v) is 2.22. The second-order valence-electron chi connectivity index (χ2n) is 6.57. The van der Waals surface area contributed by atoms with Gasteiger partial charge >= 0.3 is 0 Å². The molecule has 122 valence electrons. The number of carbonyl (C=O) groups excluding carboxylic acids is 2. The molecule has 0 aliphatic carbocycles. The molecule has 0 aliphatic heterocycles. The van der Waals surface area contributed by atoms with Crippen LogP contribution in [0.25, 0.3) is 0 Å². The molecule has 0 saturated carbocycles. The molecule has 0 radical (unpaired) electrons. The van der Waals surface area contributed by atoms with E-state index in [0.717, 1.165) is 0 Å². The molecule has 2 amide bonds. The Labute approximate surface area is 132 Å². The number of aliphatic hydroxyl groups is 1. The van der Waals surface area contributed by atoms with Gasteiger partial charge in [0.15, 0.2) is 0 Å². The van der Waals surface area contributed by atoms with Gasteiger partial charge in [0.1, 0.15) is 6.04 Å². The summed E-state index contributed by atoms with van der Waals surface area (Å²) in [5.41, 5.74) is -0.457. The molecular weight excluding hydrogens is 280 g/mol. The van der Waals surface area contributed by atoms with Crippen molar-refractivity contribution in [2.24, 2.45) is 5.92 Å². The molecule has 0 aliphatic rings. The number of hydrogen-bond donors (Lipinski definition) is 2. The molecule has 5 heteroatoms. The summed E-state index contributed by atoms with van der Waals surface area (Å²) in [7, 11) is 1.63. The van der Waals surface area contributed by atoms with Crippen molar-refractivity contribution in [1.29, 1.82) is 0 Å². The molecule has 0 spiro atoms. The minimum Gasteiger partial charge on any atom is -0.389 e. The first-order valence-corrected chi connectivity index (χ1v) is 7.45. The van der Waals surface area contributed by atoms with Crippen LogP contribution in [0.5, 0.6) is 0 Å². The Morgan fingerprint density at radius 2 is 1.77 bits per heavy atom. The zero-order valence-electron chi connectivity index (χ0n) is 14.0. The first-order valence-electron chi connectivity index (χ1n) is 7.45. The molecule has 2 N–H and O–H groups in total. The second kappa shape index (κ2) is 7.40. The summed E-state index contributed by atoms with van der Waals surface area (Å²) < 4.78 is 0. The quantitative estimate of drug-likeness (QED) is 0.840. The highest BCUT2D eigenvalue weighted by atomic mass is 16.3. The molecule has 0 heterocycles. The fraction of sp³-hybridized carbons (Fsp3) is 0.529. The smallest absolute Gasteiger partial charge is 0.251 e. The largest absolute Gasteiger partial charge is 0.389 e. The summed E-state index contributed by atoms with van der Waals surface area (Å²) >= 11 is 0. The Hall–Kier alpha value is -1.88. The Morgan fingerprint density at radius 3 is 2.23 bits per heavy atom. The van der Waals surface area contributed by atoms with Gasteiger partial charge < -0.3 is 15.3 Å². The number of benzene rings is 1. The predicted octanol–water partition coefficient (Wildman–Crippen LogP) is 1.67. The van der Waals surface area contributed by atoms with Crippen LogP contribution in [0.4, 0.5) is 0 Å². The van der Waals surface area contributed by atoms with Crippen molar-refractivity contribution < 1.29 is 14.7 Å². The van der Waals surface area contributed by atoms with Crippen LogP contribution in [0, 0.1) is 5.92 Å². The van der Waals surface area contributed by atoms with Crippen molar-refractivity contribution in [2.75, 3.05) is 13.6 Å². The highest BCUT2D eigenvalue weighted by molar-refractivity contribution is 5.97. The van der Waals surface area contributed by atoms with Gasteiger partial charge in [-0.05, 0) is 31.9 Å². The topological polar surface area (TPSA) is 69.6 Å². The van der Waals surface area contributed by atoms with Crippen molar-refractivity contribution in [2.45, 2.75) is 39.3 Å². The van der Waals surface area contributed by atoms with Crippen molar-refractivity contribution in [3.63, 3.8) is 0 Å². The Morgan fingerprint density at radius 1 is 1.23 bits per heavy atom. The van der Waals surface area contributed by atoms with Crippen LogP contribution < -0.4 is 5.32 Å². The fourth-order valence-electron chi connectivity index (χ4n) is 2.22. The van der Waals surface area contributed by atoms with Crippen molar-refractivity contribution >= 4 is 11.8 Å². The van der Waals surface area contributed by atoms with Gasteiger partial charge in [0.25, 0.3) is 5.91 Å². The van der Waals surface area contributed by atoms with Gasteiger partial charge in [-0.2, -0.15) is 0 Å². The van der Waals surface area contributed by atoms with Gasteiger partial charge in [0.05, 0.1) is 5.60 Å². The number of amides is 2. The summed E-state index contributed by atoms with van der Waals surface area (Å²) in [5.74, 6) is -0.532. The standard InChI is InChI=1S/C17H26N2O3/c1-12(2)14(16(21)19(5)11-17(3,4)22)18-15(20)13-9-7-6-8-10-13/h6-10,12,14,22H,11H2,1-5H3,(H,18,20). The second-order valence-corrected chi connectivity index (χ2v) is 6.57. The molecule has 5 nitrogen and oxygen atoms in total. The molecule has 22 heavy (non-hydrogen) atoms. The van der Waals surface area contributed by atoms with E-state index >= 15 is 0 Å². The van der Waals surface area contributed by atoms with E-state index < -0.39 is 11.6 Å². The maximum atomic E-state index is 12.5. The highest BCUT2D eigenvalue weighted by Crippen LogP contribution is 2.10. The van der Waals surface area contributed by atoms with E-state index in [2.05, 4.69) is 5.32 Å². The minimum atomic E-state index is -0.977. The van der Waals surface area contributed by atoms with E-state index in [1.54, 1.807) is 45.2 Å². The van der Waals surface area contributed by atoms with Gasteiger partial charge in [-0.15, -0.1) is 0 Å². The van der Waals surface area contributed by atoms with E-state index in [1.807, 2.05) is 19.9 Å². The minimum absolute atomic E-state index is 0.0515. The third kappa shape index (κ3) is 5.48. The summed E-state index contributed by atoms with van der Waals surface area (Å²) in [4.78, 5) is 26.2. The number of nitrogens with one attached hydrogen (secondary N) is 1. The lowest BCUT2D eigenvalue weighted by atomic mass is 10.0. The third-order valence-corrected chi connectivity index (χ3v) is 3.26. The van der Waals surface area contributed by atoms with E-state index in [9.17, 15) is 14.7 Å². The molecule has 0 bridgehead atoms. The van der Waals surface area contributed by atoms with Gasteiger partial charge in [-0.1, -0.05) is 32.0 Å². The average Bonchev–Trinajstić information content (AvgIpc) is 2.42. The van der Waals surface area contributed by atoms with Gasteiger partial charge in [0.2, 0.25) is 5.91 Å². The summed E-state index contributed by atoms with van der Waals surface area (Å²) in [6.45, 7) is 7.25. The van der Waals surface area contributed by atoms with Gasteiger partial charge in [0, 0.05) is 19.2 Å². The monoisotopic (exact) mass is 306 g/mol. The molecule has 0 aromatic heterocycles. The number of carbonyl (C=O) groups is 2. The Kier molecular flexibility index (Phi) is 6.11. The number of hydrogen-bond acceptors (Lipinski definition) is 3. The predicted molar refractivity (Wildman–Crippen MR) is 86.5 cm³/mol. The van der Waals surface area contributed by atoms with Crippen LogP contribution >= 0.6 is 0 Å². The van der Waals surface area contributed by atoms with Crippen LogP contribution in [0.1, 0.15) is 38.1 Å². The lowest BCUT2D eigenvalue weighted by Gasteiger charge is -2.30. The normalized spacial score (nSPS) is 12.9.